The molecule has 1 aromatic carbocycles. The Morgan fingerprint density at radius 2 is 2.18 bits per heavy atom. The molecule has 1 atom stereocenters. The molecule has 0 aromatic heterocycles. The van der Waals surface area contributed by atoms with Crippen LogP contribution in [0.3, 0.4) is 0 Å². The van der Waals surface area contributed by atoms with Crippen molar-refractivity contribution in [3.8, 4) is 6.07 Å². The first-order chi connectivity index (χ1) is 7.94. The number of rotatable bonds is 4. The average molecular weight is 235 g/mol. The first kappa shape index (κ1) is 13.5. The third-order valence-corrected chi connectivity index (χ3v) is 3.24. The van der Waals surface area contributed by atoms with Crippen molar-refractivity contribution in [2.75, 3.05) is 11.9 Å². The summed E-state index contributed by atoms with van der Waals surface area (Å²) in [7, 11) is 0. The zero-order valence-corrected chi connectivity index (χ0v) is 10.4. The summed E-state index contributed by atoms with van der Waals surface area (Å²) < 4.78 is 13.4. The van der Waals surface area contributed by atoms with Crippen molar-refractivity contribution >= 4 is 5.69 Å². The molecule has 4 heteroatoms. The maximum Gasteiger partial charge on any atom is 0.143 e. The molecule has 1 rings (SSSR count). The third-order valence-electron chi connectivity index (χ3n) is 3.24. The number of nitriles is 1. The van der Waals surface area contributed by atoms with Gasteiger partial charge in [0.25, 0.3) is 0 Å². The maximum absolute atomic E-state index is 13.4. The van der Waals surface area contributed by atoms with E-state index in [1.807, 2.05) is 26.8 Å². The predicted molar refractivity (Wildman–Crippen MR) is 67.0 cm³/mol. The second kappa shape index (κ2) is 5.15. The van der Waals surface area contributed by atoms with Crippen LogP contribution in [0.5, 0.6) is 0 Å². The van der Waals surface area contributed by atoms with E-state index in [0.29, 0.717) is 12.2 Å². The standard InChI is InChI=1S/C13H18FN3/c1-9(2)13(3,8-16)17-12-6-4-5-11(14)10(12)7-15/h4-6,9,17H,8,16H2,1-3H3. The number of hydrogen-bond donors (Lipinski definition) is 2. The molecule has 17 heavy (non-hydrogen) atoms. The maximum atomic E-state index is 13.4. The smallest absolute Gasteiger partial charge is 0.143 e. The number of benzene rings is 1. The van der Waals surface area contributed by atoms with Crippen LogP contribution in [0.15, 0.2) is 18.2 Å². The molecule has 0 saturated heterocycles. The lowest BCUT2D eigenvalue weighted by Crippen LogP contribution is -2.47. The number of nitrogens with zero attached hydrogens (tertiary/aromatic N) is 1. The lowest BCUT2D eigenvalue weighted by molar-refractivity contribution is 0.382. The molecule has 0 spiro atoms. The largest absolute Gasteiger partial charge is 0.377 e. The van der Waals surface area contributed by atoms with Crippen LogP contribution in [0.25, 0.3) is 0 Å². The lowest BCUT2D eigenvalue weighted by Gasteiger charge is -2.35. The third kappa shape index (κ3) is 2.75. The van der Waals surface area contributed by atoms with E-state index >= 15 is 0 Å². The summed E-state index contributed by atoms with van der Waals surface area (Å²) in [4.78, 5) is 0. The molecule has 1 unspecified atom stereocenters. The van der Waals surface area contributed by atoms with Crippen molar-refractivity contribution in [3.63, 3.8) is 0 Å². The normalized spacial score (nSPS) is 14.2. The molecule has 0 saturated carbocycles. The molecular formula is C13H18FN3. The summed E-state index contributed by atoms with van der Waals surface area (Å²) in [6.45, 7) is 6.44. The Balaban J connectivity index is 3.11. The summed E-state index contributed by atoms with van der Waals surface area (Å²) in [6.07, 6.45) is 0. The molecule has 0 fully saturated rings. The van der Waals surface area contributed by atoms with E-state index in [1.165, 1.54) is 6.07 Å². The lowest BCUT2D eigenvalue weighted by atomic mass is 9.88. The Labute approximate surface area is 101 Å². The number of nitrogens with one attached hydrogen (secondary N) is 1. The van der Waals surface area contributed by atoms with Gasteiger partial charge < -0.3 is 11.1 Å². The number of halogens is 1. The van der Waals surface area contributed by atoms with Gasteiger partial charge in [0, 0.05) is 12.1 Å². The minimum Gasteiger partial charge on any atom is -0.377 e. The fraction of sp³-hybridized carbons (Fsp3) is 0.462. The van der Waals surface area contributed by atoms with E-state index in [1.54, 1.807) is 12.1 Å². The molecule has 0 aliphatic rings. The zero-order chi connectivity index (χ0) is 13.1. The van der Waals surface area contributed by atoms with Gasteiger partial charge in [0.1, 0.15) is 17.4 Å². The quantitative estimate of drug-likeness (QED) is 0.842. The van der Waals surface area contributed by atoms with Crippen LogP contribution in [-0.2, 0) is 0 Å². The fourth-order valence-electron chi connectivity index (χ4n) is 1.48. The highest BCUT2D eigenvalue weighted by Gasteiger charge is 2.27. The van der Waals surface area contributed by atoms with Gasteiger partial charge in [-0.25, -0.2) is 4.39 Å². The number of anilines is 1. The van der Waals surface area contributed by atoms with Gasteiger partial charge in [-0.15, -0.1) is 0 Å². The molecule has 0 aliphatic carbocycles. The summed E-state index contributed by atoms with van der Waals surface area (Å²) in [5, 5.41) is 12.1. The molecule has 1 aromatic rings. The Morgan fingerprint density at radius 3 is 2.65 bits per heavy atom. The van der Waals surface area contributed by atoms with Crippen molar-refractivity contribution in [1.82, 2.24) is 0 Å². The Bertz CT molecular complexity index is 437. The second-order valence-corrected chi connectivity index (χ2v) is 4.68. The number of hydrogen-bond acceptors (Lipinski definition) is 3. The monoisotopic (exact) mass is 235 g/mol. The molecule has 0 radical (unpaired) electrons. The fourth-order valence-corrected chi connectivity index (χ4v) is 1.48. The Kier molecular flexibility index (Phi) is 4.08. The highest BCUT2D eigenvalue weighted by atomic mass is 19.1. The topological polar surface area (TPSA) is 61.8 Å². The van der Waals surface area contributed by atoms with Crippen LogP contribution in [0.2, 0.25) is 0 Å². The van der Waals surface area contributed by atoms with Crippen LogP contribution in [0.1, 0.15) is 26.3 Å². The van der Waals surface area contributed by atoms with Crippen LogP contribution in [0.4, 0.5) is 10.1 Å². The highest BCUT2D eigenvalue weighted by molar-refractivity contribution is 5.59. The van der Waals surface area contributed by atoms with E-state index in [4.69, 9.17) is 11.0 Å². The van der Waals surface area contributed by atoms with Crippen molar-refractivity contribution in [2.24, 2.45) is 11.7 Å². The molecule has 0 bridgehead atoms. The van der Waals surface area contributed by atoms with E-state index in [0.717, 1.165) is 0 Å². The summed E-state index contributed by atoms with van der Waals surface area (Å²) in [5.41, 5.74) is 5.91. The summed E-state index contributed by atoms with van der Waals surface area (Å²) in [6, 6.07) is 6.42. The van der Waals surface area contributed by atoms with Crippen molar-refractivity contribution in [2.45, 2.75) is 26.3 Å². The molecule has 3 N–H and O–H groups in total. The minimum absolute atomic E-state index is 0.0350. The Morgan fingerprint density at radius 1 is 1.53 bits per heavy atom. The first-order valence-electron chi connectivity index (χ1n) is 5.61. The zero-order valence-electron chi connectivity index (χ0n) is 10.4. The van der Waals surface area contributed by atoms with Crippen LogP contribution in [0, 0.1) is 23.1 Å². The summed E-state index contributed by atoms with van der Waals surface area (Å²) >= 11 is 0. The van der Waals surface area contributed by atoms with Crippen LogP contribution >= 0.6 is 0 Å². The predicted octanol–water partition coefficient (Wildman–Crippen LogP) is 2.48. The van der Waals surface area contributed by atoms with Gasteiger partial charge in [0.05, 0.1) is 5.69 Å². The minimum atomic E-state index is -0.513. The second-order valence-electron chi connectivity index (χ2n) is 4.68. The average Bonchev–Trinajstić information content (AvgIpc) is 2.29. The van der Waals surface area contributed by atoms with Crippen molar-refractivity contribution in [1.29, 1.82) is 5.26 Å². The molecule has 92 valence electrons. The van der Waals surface area contributed by atoms with E-state index in [2.05, 4.69) is 5.32 Å². The van der Waals surface area contributed by atoms with Gasteiger partial charge in [-0.1, -0.05) is 19.9 Å². The van der Waals surface area contributed by atoms with Crippen molar-refractivity contribution < 1.29 is 4.39 Å². The molecule has 3 nitrogen and oxygen atoms in total. The van der Waals surface area contributed by atoms with Gasteiger partial charge >= 0.3 is 0 Å². The molecule has 0 amide bonds. The van der Waals surface area contributed by atoms with Gasteiger partial charge in [-0.3, -0.25) is 0 Å². The first-order valence-corrected chi connectivity index (χ1v) is 5.61. The van der Waals surface area contributed by atoms with Gasteiger partial charge in [-0.05, 0) is 25.0 Å². The van der Waals surface area contributed by atoms with Crippen LogP contribution < -0.4 is 11.1 Å². The van der Waals surface area contributed by atoms with Gasteiger partial charge in [0.15, 0.2) is 0 Å². The molecular weight excluding hydrogens is 217 g/mol. The van der Waals surface area contributed by atoms with E-state index in [9.17, 15) is 4.39 Å². The Hall–Kier alpha value is -1.60. The van der Waals surface area contributed by atoms with Crippen molar-refractivity contribution in [3.05, 3.63) is 29.6 Å². The van der Waals surface area contributed by atoms with Gasteiger partial charge in [-0.2, -0.15) is 5.26 Å². The number of nitrogens with two attached hydrogens (primary N) is 1. The highest BCUT2D eigenvalue weighted by Crippen LogP contribution is 2.25. The molecule has 0 heterocycles. The van der Waals surface area contributed by atoms with Gasteiger partial charge in [0.2, 0.25) is 0 Å². The van der Waals surface area contributed by atoms with E-state index in [-0.39, 0.29) is 17.0 Å². The van der Waals surface area contributed by atoms with Crippen LogP contribution in [-0.4, -0.2) is 12.1 Å². The SMILES string of the molecule is CC(C)C(C)(CN)Nc1cccc(F)c1C#N. The van der Waals surface area contributed by atoms with E-state index < -0.39 is 5.82 Å². The molecule has 0 aliphatic heterocycles. The summed E-state index contributed by atoms with van der Waals surface area (Å²) in [5.74, 6) is -0.247.